The zero-order valence-electron chi connectivity index (χ0n) is 15.0. The molecule has 2 amide bonds. The van der Waals surface area contributed by atoms with Gasteiger partial charge in [-0.05, 0) is 62.2 Å². The number of carbonyl (C=O) groups excluding carboxylic acids is 2. The second-order valence-electron chi connectivity index (χ2n) is 6.96. The van der Waals surface area contributed by atoms with Crippen LogP contribution in [0.15, 0.2) is 18.2 Å². The smallest absolute Gasteiger partial charge is 0.313 e. The van der Waals surface area contributed by atoms with Gasteiger partial charge in [0.2, 0.25) is 0 Å². The lowest BCUT2D eigenvalue weighted by molar-refractivity contribution is -0.136. The van der Waals surface area contributed by atoms with E-state index in [0.29, 0.717) is 23.5 Å². The van der Waals surface area contributed by atoms with Gasteiger partial charge in [0.05, 0.1) is 11.3 Å². The Bertz CT molecular complexity index is 738. The van der Waals surface area contributed by atoms with Gasteiger partial charge in [-0.3, -0.25) is 14.5 Å². The van der Waals surface area contributed by atoms with E-state index in [2.05, 4.69) is 15.5 Å². The fourth-order valence-corrected chi connectivity index (χ4v) is 4.97. The molecule has 2 heterocycles. The number of likely N-dealkylation sites (tertiary alicyclic amines) is 1. The van der Waals surface area contributed by atoms with Crippen LogP contribution in [0.5, 0.6) is 0 Å². The highest BCUT2D eigenvalue weighted by Crippen LogP contribution is 2.26. The molecule has 0 radical (unpaired) electrons. The van der Waals surface area contributed by atoms with Gasteiger partial charge in [-0.1, -0.05) is 11.6 Å². The van der Waals surface area contributed by atoms with Gasteiger partial charge in [-0.2, -0.15) is 17.0 Å². The van der Waals surface area contributed by atoms with Gasteiger partial charge >= 0.3 is 11.8 Å². The molecular formula is C19H23ClN4O2S. The molecule has 0 bridgehead atoms. The van der Waals surface area contributed by atoms with Crippen LogP contribution < -0.4 is 10.6 Å². The van der Waals surface area contributed by atoms with E-state index in [-0.39, 0.29) is 11.3 Å². The number of nitrogens with zero attached hydrogens (tertiary/aromatic N) is 2. The van der Waals surface area contributed by atoms with E-state index in [9.17, 15) is 9.59 Å². The van der Waals surface area contributed by atoms with E-state index in [0.717, 1.165) is 25.9 Å². The Morgan fingerprint density at radius 1 is 1.26 bits per heavy atom. The van der Waals surface area contributed by atoms with Gasteiger partial charge in [0.25, 0.3) is 0 Å². The van der Waals surface area contributed by atoms with Crippen LogP contribution in [0, 0.1) is 17.2 Å². The first-order valence-electron chi connectivity index (χ1n) is 9.17. The molecule has 2 fully saturated rings. The van der Waals surface area contributed by atoms with Crippen LogP contribution in [0.4, 0.5) is 5.69 Å². The molecule has 8 heteroatoms. The highest BCUT2D eigenvalue weighted by molar-refractivity contribution is 7.99. The number of amides is 2. The first kappa shape index (κ1) is 20.0. The lowest BCUT2D eigenvalue weighted by atomic mass is 9.95. The predicted octanol–water partition coefficient (Wildman–Crippen LogP) is 2.48. The minimum absolute atomic E-state index is 0.243. The number of hydrogen-bond acceptors (Lipinski definition) is 5. The van der Waals surface area contributed by atoms with E-state index in [1.54, 1.807) is 6.07 Å². The van der Waals surface area contributed by atoms with Crippen LogP contribution in [0.25, 0.3) is 0 Å². The second kappa shape index (κ2) is 9.45. The number of nitriles is 1. The van der Waals surface area contributed by atoms with Crippen molar-refractivity contribution in [1.29, 1.82) is 5.26 Å². The average molecular weight is 407 g/mol. The van der Waals surface area contributed by atoms with E-state index in [1.807, 2.05) is 17.8 Å². The molecule has 1 unspecified atom stereocenters. The number of halogens is 1. The summed E-state index contributed by atoms with van der Waals surface area (Å²) < 4.78 is 0. The Labute approximate surface area is 168 Å². The van der Waals surface area contributed by atoms with Crippen molar-refractivity contribution in [2.24, 2.45) is 5.92 Å². The minimum atomic E-state index is -0.783. The highest BCUT2D eigenvalue weighted by atomic mass is 35.5. The Morgan fingerprint density at radius 3 is 2.70 bits per heavy atom. The van der Waals surface area contributed by atoms with Gasteiger partial charge in [-0.15, -0.1) is 0 Å². The molecule has 27 heavy (non-hydrogen) atoms. The fourth-order valence-electron chi connectivity index (χ4n) is 3.55. The van der Waals surface area contributed by atoms with Gasteiger partial charge in [0, 0.05) is 23.4 Å². The number of benzene rings is 1. The third kappa shape index (κ3) is 5.38. The molecule has 2 saturated heterocycles. The zero-order chi connectivity index (χ0) is 19.2. The van der Waals surface area contributed by atoms with E-state index in [1.165, 1.54) is 30.1 Å². The van der Waals surface area contributed by atoms with Crippen molar-refractivity contribution in [2.45, 2.75) is 25.3 Å². The summed E-state index contributed by atoms with van der Waals surface area (Å²) in [5, 5.41) is 14.7. The Balaban J connectivity index is 1.44. The SMILES string of the molecule is N#Cc1ccc(Cl)cc1NC(=O)C(=O)NCC1CCN(C2CCSC2)CC1. The fraction of sp³-hybridized carbons (Fsp3) is 0.526. The summed E-state index contributed by atoms with van der Waals surface area (Å²) in [6.07, 6.45) is 3.35. The molecule has 2 aliphatic heterocycles. The summed E-state index contributed by atoms with van der Waals surface area (Å²) in [7, 11) is 0. The summed E-state index contributed by atoms with van der Waals surface area (Å²) in [6, 6.07) is 7.21. The maximum Gasteiger partial charge on any atom is 0.313 e. The first-order valence-corrected chi connectivity index (χ1v) is 10.7. The molecule has 2 aliphatic rings. The number of hydrogen-bond donors (Lipinski definition) is 2. The van der Waals surface area contributed by atoms with Crippen LogP contribution in [-0.2, 0) is 9.59 Å². The highest BCUT2D eigenvalue weighted by Gasteiger charge is 2.28. The van der Waals surface area contributed by atoms with Crippen molar-refractivity contribution in [1.82, 2.24) is 10.2 Å². The number of carbonyl (C=O) groups is 2. The quantitative estimate of drug-likeness (QED) is 0.750. The summed E-state index contributed by atoms with van der Waals surface area (Å²) in [6.45, 7) is 2.62. The van der Waals surface area contributed by atoms with Gasteiger partial charge in [0.15, 0.2) is 0 Å². The predicted molar refractivity (Wildman–Crippen MR) is 108 cm³/mol. The van der Waals surface area contributed by atoms with Crippen LogP contribution in [0.1, 0.15) is 24.8 Å². The first-order chi connectivity index (χ1) is 13.1. The molecular weight excluding hydrogens is 384 g/mol. The van der Waals surface area contributed by atoms with Crippen LogP contribution in [-0.4, -0.2) is 53.9 Å². The second-order valence-corrected chi connectivity index (χ2v) is 8.55. The summed E-state index contributed by atoms with van der Waals surface area (Å²) in [4.78, 5) is 26.8. The van der Waals surface area contributed by atoms with Crippen LogP contribution >= 0.6 is 23.4 Å². The molecule has 3 rings (SSSR count). The van der Waals surface area contributed by atoms with Crippen molar-refractivity contribution in [2.75, 3.05) is 36.5 Å². The summed E-state index contributed by atoms with van der Waals surface area (Å²) in [5.74, 6) is 1.42. The monoisotopic (exact) mass is 406 g/mol. The van der Waals surface area contributed by atoms with Gasteiger partial charge in [0.1, 0.15) is 6.07 Å². The van der Waals surface area contributed by atoms with E-state index in [4.69, 9.17) is 16.9 Å². The Kier molecular flexibility index (Phi) is 7.00. The number of piperidine rings is 1. The molecule has 0 spiro atoms. The largest absolute Gasteiger partial charge is 0.348 e. The minimum Gasteiger partial charge on any atom is -0.348 e. The average Bonchev–Trinajstić information content (AvgIpc) is 3.21. The molecule has 0 aliphatic carbocycles. The lowest BCUT2D eigenvalue weighted by Crippen LogP contribution is -2.45. The third-order valence-electron chi connectivity index (χ3n) is 5.18. The number of nitrogens with one attached hydrogen (secondary N) is 2. The molecule has 1 aromatic rings. The number of rotatable bonds is 4. The standard InChI is InChI=1S/C19H23ClN4O2S/c20-15-2-1-14(10-21)17(9-15)23-19(26)18(25)22-11-13-3-6-24(7-4-13)16-5-8-27-12-16/h1-2,9,13,16H,3-8,11-12H2,(H,22,25)(H,23,26). The molecule has 2 N–H and O–H groups in total. The maximum atomic E-state index is 12.1. The molecule has 6 nitrogen and oxygen atoms in total. The topological polar surface area (TPSA) is 85.2 Å². The van der Waals surface area contributed by atoms with E-state index < -0.39 is 11.8 Å². The summed E-state index contributed by atoms with van der Waals surface area (Å²) in [5.41, 5.74) is 0.505. The van der Waals surface area contributed by atoms with Crippen molar-refractivity contribution < 1.29 is 9.59 Å². The van der Waals surface area contributed by atoms with Gasteiger partial charge < -0.3 is 10.6 Å². The number of thioether (sulfide) groups is 1. The lowest BCUT2D eigenvalue weighted by Gasteiger charge is -2.35. The molecule has 0 saturated carbocycles. The van der Waals surface area contributed by atoms with E-state index >= 15 is 0 Å². The Hall–Kier alpha value is -1.75. The molecule has 1 aromatic carbocycles. The third-order valence-corrected chi connectivity index (χ3v) is 6.56. The van der Waals surface area contributed by atoms with Crippen molar-refractivity contribution in [3.05, 3.63) is 28.8 Å². The maximum absolute atomic E-state index is 12.1. The van der Waals surface area contributed by atoms with Crippen LogP contribution in [0.2, 0.25) is 5.02 Å². The number of anilines is 1. The van der Waals surface area contributed by atoms with Gasteiger partial charge in [-0.25, -0.2) is 0 Å². The zero-order valence-corrected chi connectivity index (χ0v) is 16.6. The summed E-state index contributed by atoms with van der Waals surface area (Å²) >= 11 is 7.92. The van der Waals surface area contributed by atoms with Crippen molar-refractivity contribution in [3.8, 4) is 6.07 Å². The molecule has 144 valence electrons. The van der Waals surface area contributed by atoms with Crippen LogP contribution in [0.3, 0.4) is 0 Å². The van der Waals surface area contributed by atoms with Crippen molar-refractivity contribution >= 4 is 40.9 Å². The Morgan fingerprint density at radius 2 is 2.04 bits per heavy atom. The van der Waals surface area contributed by atoms with Crippen molar-refractivity contribution in [3.63, 3.8) is 0 Å². The molecule has 0 aromatic heterocycles. The normalized spacial score (nSPS) is 20.8. The molecule has 1 atom stereocenters.